The number of sulfonamides is 1. The first kappa shape index (κ1) is 32.8. The van der Waals surface area contributed by atoms with E-state index in [0.29, 0.717) is 22.9 Å². The molecule has 9 nitrogen and oxygen atoms in total. The summed E-state index contributed by atoms with van der Waals surface area (Å²) in [6.45, 7) is 6.88. The third-order valence-corrected chi connectivity index (χ3v) is 8.45. The molecule has 0 saturated heterocycles. The maximum atomic E-state index is 14.2. The summed E-state index contributed by atoms with van der Waals surface area (Å²) in [5, 5.41) is 3.37. The zero-order valence-corrected chi connectivity index (χ0v) is 26.3. The SMILES string of the molecule is CC[C@@H](C(=O)NC(C)(C)C)N(Cc1cccc(OC)c1)C(=O)CN(c1ccc(Cl)cc1)S(=O)(=O)c1ccc(OC)cc1. The maximum absolute atomic E-state index is 14.2. The van der Waals surface area contributed by atoms with Gasteiger partial charge in [0, 0.05) is 17.1 Å². The van der Waals surface area contributed by atoms with E-state index in [2.05, 4.69) is 5.32 Å². The van der Waals surface area contributed by atoms with Crippen molar-refractivity contribution in [2.75, 3.05) is 25.1 Å². The van der Waals surface area contributed by atoms with Gasteiger partial charge in [0.2, 0.25) is 11.8 Å². The van der Waals surface area contributed by atoms with Gasteiger partial charge in [0.25, 0.3) is 10.0 Å². The van der Waals surface area contributed by atoms with E-state index >= 15 is 0 Å². The van der Waals surface area contributed by atoms with Gasteiger partial charge in [-0.15, -0.1) is 0 Å². The molecule has 0 aromatic heterocycles. The number of carbonyl (C=O) groups is 2. The number of ether oxygens (including phenoxy) is 2. The highest BCUT2D eigenvalue weighted by atomic mass is 35.5. The molecule has 0 aliphatic carbocycles. The highest BCUT2D eigenvalue weighted by molar-refractivity contribution is 7.92. The fraction of sp³-hybridized carbons (Fsp3) is 0.355. The van der Waals surface area contributed by atoms with Crippen molar-refractivity contribution in [1.29, 1.82) is 0 Å². The van der Waals surface area contributed by atoms with Crippen LogP contribution in [0.15, 0.2) is 77.7 Å². The molecule has 0 bridgehead atoms. The molecule has 0 unspecified atom stereocenters. The van der Waals surface area contributed by atoms with Crippen LogP contribution in [0.5, 0.6) is 11.5 Å². The van der Waals surface area contributed by atoms with Crippen molar-refractivity contribution >= 4 is 39.1 Å². The third-order valence-electron chi connectivity index (χ3n) is 6.41. The van der Waals surface area contributed by atoms with E-state index in [1.54, 1.807) is 37.4 Å². The molecule has 2 amide bonds. The zero-order chi connectivity index (χ0) is 31.1. The summed E-state index contributed by atoms with van der Waals surface area (Å²) >= 11 is 6.09. The normalized spacial score (nSPS) is 12.3. The van der Waals surface area contributed by atoms with E-state index < -0.39 is 34.1 Å². The average molecular weight is 616 g/mol. The van der Waals surface area contributed by atoms with Crippen LogP contribution in [0.4, 0.5) is 5.69 Å². The predicted octanol–water partition coefficient (Wildman–Crippen LogP) is 5.27. The number of nitrogens with zero attached hydrogens (tertiary/aromatic N) is 2. The van der Waals surface area contributed by atoms with Crippen molar-refractivity contribution in [3.05, 3.63) is 83.4 Å². The van der Waals surface area contributed by atoms with Crippen LogP contribution in [-0.4, -0.2) is 57.5 Å². The molecule has 0 heterocycles. The first-order valence-corrected chi connectivity index (χ1v) is 15.3. The summed E-state index contributed by atoms with van der Waals surface area (Å²) in [6, 6.07) is 18.4. The summed E-state index contributed by atoms with van der Waals surface area (Å²) in [6.07, 6.45) is 0.309. The Morgan fingerprint density at radius 2 is 1.55 bits per heavy atom. The number of rotatable bonds is 12. The van der Waals surface area contributed by atoms with Crippen LogP contribution in [0.1, 0.15) is 39.7 Å². The molecule has 226 valence electrons. The summed E-state index contributed by atoms with van der Waals surface area (Å²) in [7, 11) is -1.19. The Bertz CT molecular complexity index is 1470. The van der Waals surface area contributed by atoms with Crippen molar-refractivity contribution in [1.82, 2.24) is 10.2 Å². The molecule has 0 saturated carbocycles. The molecule has 1 atom stereocenters. The van der Waals surface area contributed by atoms with Gasteiger partial charge < -0.3 is 19.7 Å². The summed E-state index contributed by atoms with van der Waals surface area (Å²) in [5.74, 6) is 0.193. The van der Waals surface area contributed by atoms with Crippen LogP contribution in [-0.2, 0) is 26.2 Å². The van der Waals surface area contributed by atoms with E-state index in [4.69, 9.17) is 21.1 Å². The van der Waals surface area contributed by atoms with E-state index in [1.165, 1.54) is 48.4 Å². The Kier molecular flexibility index (Phi) is 10.9. The van der Waals surface area contributed by atoms with E-state index in [9.17, 15) is 18.0 Å². The van der Waals surface area contributed by atoms with Crippen molar-refractivity contribution < 1.29 is 27.5 Å². The number of hydrogen-bond donors (Lipinski definition) is 1. The molecule has 3 aromatic carbocycles. The third kappa shape index (κ3) is 8.39. The number of nitrogens with one attached hydrogen (secondary N) is 1. The number of amides is 2. The zero-order valence-electron chi connectivity index (χ0n) is 24.8. The molecular formula is C31H38ClN3O6S. The lowest BCUT2D eigenvalue weighted by atomic mass is 10.1. The minimum absolute atomic E-state index is 0.0251. The van der Waals surface area contributed by atoms with Crippen LogP contribution < -0.4 is 19.1 Å². The minimum atomic E-state index is -4.22. The smallest absolute Gasteiger partial charge is 0.264 e. The Balaban J connectivity index is 2.08. The van der Waals surface area contributed by atoms with Crippen LogP contribution >= 0.6 is 11.6 Å². The molecule has 11 heteroatoms. The van der Waals surface area contributed by atoms with Gasteiger partial charge in [0.05, 0.1) is 24.8 Å². The largest absolute Gasteiger partial charge is 0.497 e. The molecular weight excluding hydrogens is 578 g/mol. The molecule has 0 fully saturated rings. The summed E-state index contributed by atoms with van der Waals surface area (Å²) in [5.41, 5.74) is 0.431. The molecule has 42 heavy (non-hydrogen) atoms. The molecule has 1 N–H and O–H groups in total. The van der Waals surface area contributed by atoms with Crippen LogP contribution in [0.2, 0.25) is 5.02 Å². The number of benzene rings is 3. The monoisotopic (exact) mass is 615 g/mol. The van der Waals surface area contributed by atoms with Gasteiger partial charge in [-0.2, -0.15) is 0 Å². The van der Waals surface area contributed by atoms with Crippen molar-refractivity contribution in [2.24, 2.45) is 0 Å². The molecule has 3 rings (SSSR count). The van der Waals surface area contributed by atoms with Gasteiger partial charge in [-0.3, -0.25) is 13.9 Å². The Labute approximate surface area is 253 Å². The lowest BCUT2D eigenvalue weighted by molar-refractivity contribution is -0.141. The minimum Gasteiger partial charge on any atom is -0.497 e. The van der Waals surface area contributed by atoms with Gasteiger partial charge in [-0.25, -0.2) is 8.42 Å². The number of halogens is 1. The second-order valence-electron chi connectivity index (χ2n) is 10.7. The van der Waals surface area contributed by atoms with Crippen LogP contribution in [0, 0.1) is 0 Å². The fourth-order valence-electron chi connectivity index (χ4n) is 4.35. The van der Waals surface area contributed by atoms with Crippen LogP contribution in [0.3, 0.4) is 0 Å². The lowest BCUT2D eigenvalue weighted by Crippen LogP contribution is -2.55. The predicted molar refractivity (Wildman–Crippen MR) is 164 cm³/mol. The fourth-order valence-corrected chi connectivity index (χ4v) is 5.89. The van der Waals surface area contributed by atoms with Gasteiger partial charge >= 0.3 is 0 Å². The standard InChI is InChI=1S/C31H38ClN3O6S/c1-7-28(30(37)33-31(2,3)4)34(20-22-9-8-10-26(19-22)41-6)29(36)21-35(24-13-11-23(32)12-14-24)42(38,39)27-17-15-25(40-5)16-18-27/h8-19,28H,7,20-21H2,1-6H3,(H,33,37)/t28-/m0/s1. The summed E-state index contributed by atoms with van der Waals surface area (Å²) in [4.78, 5) is 29.0. The molecule has 0 spiro atoms. The summed E-state index contributed by atoms with van der Waals surface area (Å²) < 4.78 is 39.5. The number of anilines is 1. The number of methoxy groups -OCH3 is 2. The molecule has 0 aliphatic heterocycles. The van der Waals surface area contributed by atoms with Gasteiger partial charge in [0.15, 0.2) is 0 Å². The van der Waals surface area contributed by atoms with Crippen molar-refractivity contribution in [3.63, 3.8) is 0 Å². The first-order valence-electron chi connectivity index (χ1n) is 13.5. The molecule has 3 aromatic rings. The second-order valence-corrected chi connectivity index (χ2v) is 13.0. The van der Waals surface area contributed by atoms with Crippen LogP contribution in [0.25, 0.3) is 0 Å². The quantitative estimate of drug-likeness (QED) is 0.297. The lowest BCUT2D eigenvalue weighted by Gasteiger charge is -2.34. The van der Waals surface area contributed by atoms with Gasteiger partial charge in [-0.05, 0) is 93.4 Å². The molecule has 0 aliphatic rings. The Hall–Kier alpha value is -3.76. The van der Waals surface area contributed by atoms with Gasteiger partial charge in [-0.1, -0.05) is 30.7 Å². The Morgan fingerprint density at radius 1 is 0.929 bits per heavy atom. The number of carbonyl (C=O) groups excluding carboxylic acids is 2. The van der Waals surface area contributed by atoms with E-state index in [0.717, 1.165) is 9.87 Å². The molecule has 0 radical (unpaired) electrons. The highest BCUT2D eigenvalue weighted by Crippen LogP contribution is 2.27. The second kappa shape index (κ2) is 13.9. The first-order chi connectivity index (χ1) is 19.8. The van der Waals surface area contributed by atoms with Gasteiger partial charge in [0.1, 0.15) is 24.1 Å². The topological polar surface area (TPSA) is 105 Å². The maximum Gasteiger partial charge on any atom is 0.264 e. The van der Waals surface area contributed by atoms with E-state index in [-0.39, 0.29) is 23.0 Å². The van der Waals surface area contributed by atoms with Crippen molar-refractivity contribution in [2.45, 2.75) is 57.1 Å². The Morgan fingerprint density at radius 3 is 2.10 bits per heavy atom. The average Bonchev–Trinajstić information content (AvgIpc) is 2.95. The van der Waals surface area contributed by atoms with E-state index in [1.807, 2.05) is 33.8 Å². The number of hydrogen-bond acceptors (Lipinski definition) is 6. The highest BCUT2D eigenvalue weighted by Gasteiger charge is 2.34. The van der Waals surface area contributed by atoms with Crippen molar-refractivity contribution in [3.8, 4) is 11.5 Å².